The quantitative estimate of drug-likeness (QED) is 0.777. The molecule has 1 heterocycles. The summed E-state index contributed by atoms with van der Waals surface area (Å²) in [6.45, 7) is 0.0822. The summed E-state index contributed by atoms with van der Waals surface area (Å²) in [5.74, 6) is -2.10. The van der Waals surface area contributed by atoms with Crippen molar-refractivity contribution in [2.45, 2.75) is 12.8 Å². The lowest BCUT2D eigenvalue weighted by molar-refractivity contribution is -0.138. The summed E-state index contributed by atoms with van der Waals surface area (Å²) in [6.07, 6.45) is -0.170. The highest BCUT2D eigenvalue weighted by Crippen LogP contribution is 2.22. The predicted molar refractivity (Wildman–Crippen MR) is 76.3 cm³/mol. The molecule has 0 unspecified atom stereocenters. The number of carbonyl (C=O) groups excluding carboxylic acids is 3. The van der Waals surface area contributed by atoms with E-state index in [9.17, 15) is 19.2 Å². The van der Waals surface area contributed by atoms with E-state index in [1.807, 2.05) is 0 Å². The largest absolute Gasteiger partial charge is 0.481 e. The van der Waals surface area contributed by atoms with Crippen molar-refractivity contribution in [1.82, 2.24) is 9.80 Å². The molecule has 3 amide bonds. The monoisotopic (exact) mass is 304 g/mol. The minimum atomic E-state index is -0.986. The Morgan fingerprint density at radius 3 is 2.14 bits per heavy atom. The SMILES string of the molecule is CN(CCC(=O)O)C(=O)CCN1C(=O)c2ccccc2C1=O. The molecule has 1 aromatic carbocycles. The van der Waals surface area contributed by atoms with Gasteiger partial charge in [0.15, 0.2) is 0 Å². The van der Waals surface area contributed by atoms with Crippen molar-refractivity contribution in [3.8, 4) is 0 Å². The number of nitrogens with zero attached hydrogens (tertiary/aromatic N) is 2. The molecule has 0 bridgehead atoms. The van der Waals surface area contributed by atoms with E-state index in [2.05, 4.69) is 0 Å². The summed E-state index contributed by atoms with van der Waals surface area (Å²) in [6, 6.07) is 6.52. The first-order valence-electron chi connectivity index (χ1n) is 6.83. The molecule has 0 fully saturated rings. The second kappa shape index (κ2) is 6.38. The van der Waals surface area contributed by atoms with Crippen LogP contribution in [0.25, 0.3) is 0 Å². The van der Waals surface area contributed by atoms with Crippen LogP contribution >= 0.6 is 0 Å². The maximum Gasteiger partial charge on any atom is 0.305 e. The third-order valence-corrected chi connectivity index (χ3v) is 3.51. The summed E-state index contributed by atoms with van der Waals surface area (Å²) in [5, 5.41) is 8.58. The molecular formula is C15H16N2O5. The summed E-state index contributed by atoms with van der Waals surface area (Å²) in [5.41, 5.74) is 0.693. The maximum atomic E-state index is 12.1. The lowest BCUT2D eigenvalue weighted by Crippen LogP contribution is -2.36. The number of carboxylic acids is 1. The predicted octanol–water partition coefficient (Wildman–Crippen LogP) is 0.606. The molecule has 0 saturated carbocycles. The Bertz CT molecular complexity index is 606. The second-order valence-electron chi connectivity index (χ2n) is 5.02. The van der Waals surface area contributed by atoms with Crippen LogP contribution in [0.3, 0.4) is 0 Å². The van der Waals surface area contributed by atoms with Gasteiger partial charge >= 0.3 is 5.97 Å². The lowest BCUT2D eigenvalue weighted by atomic mass is 10.1. The Morgan fingerprint density at radius 1 is 1.09 bits per heavy atom. The van der Waals surface area contributed by atoms with Gasteiger partial charge < -0.3 is 10.0 Å². The molecule has 0 atom stereocenters. The molecular weight excluding hydrogens is 288 g/mol. The normalized spacial score (nSPS) is 13.2. The number of hydrogen-bond donors (Lipinski definition) is 1. The molecule has 1 aliphatic rings. The highest BCUT2D eigenvalue weighted by molar-refractivity contribution is 6.21. The lowest BCUT2D eigenvalue weighted by Gasteiger charge is -2.18. The van der Waals surface area contributed by atoms with Crippen LogP contribution in [0.5, 0.6) is 0 Å². The van der Waals surface area contributed by atoms with E-state index in [1.165, 1.54) is 11.9 Å². The number of fused-ring (bicyclic) bond motifs is 1. The molecule has 116 valence electrons. The second-order valence-corrected chi connectivity index (χ2v) is 5.02. The molecule has 22 heavy (non-hydrogen) atoms. The van der Waals surface area contributed by atoms with Gasteiger partial charge in [0.1, 0.15) is 0 Å². The van der Waals surface area contributed by atoms with E-state index in [0.29, 0.717) is 11.1 Å². The van der Waals surface area contributed by atoms with Gasteiger partial charge in [-0.05, 0) is 12.1 Å². The highest BCUT2D eigenvalue weighted by Gasteiger charge is 2.35. The Balaban J connectivity index is 1.93. The van der Waals surface area contributed by atoms with E-state index in [1.54, 1.807) is 24.3 Å². The fourth-order valence-electron chi connectivity index (χ4n) is 2.23. The van der Waals surface area contributed by atoms with E-state index >= 15 is 0 Å². The van der Waals surface area contributed by atoms with Crippen molar-refractivity contribution in [2.24, 2.45) is 0 Å². The molecule has 0 saturated heterocycles. The van der Waals surface area contributed by atoms with Crippen molar-refractivity contribution in [2.75, 3.05) is 20.1 Å². The number of imide groups is 1. The molecule has 0 aliphatic carbocycles. The fraction of sp³-hybridized carbons (Fsp3) is 0.333. The van der Waals surface area contributed by atoms with Crippen LogP contribution in [0.4, 0.5) is 0 Å². The van der Waals surface area contributed by atoms with Crippen LogP contribution in [-0.4, -0.2) is 58.7 Å². The van der Waals surface area contributed by atoms with Gasteiger partial charge in [0.25, 0.3) is 11.8 Å². The molecule has 0 spiro atoms. The van der Waals surface area contributed by atoms with Crippen LogP contribution < -0.4 is 0 Å². The van der Waals surface area contributed by atoms with E-state index in [0.717, 1.165) is 4.90 Å². The highest BCUT2D eigenvalue weighted by atomic mass is 16.4. The third kappa shape index (κ3) is 3.13. The van der Waals surface area contributed by atoms with Gasteiger partial charge in [-0.25, -0.2) is 0 Å². The van der Waals surface area contributed by atoms with Crippen LogP contribution in [0.2, 0.25) is 0 Å². The number of benzene rings is 1. The molecule has 1 aliphatic heterocycles. The molecule has 0 aromatic heterocycles. The summed E-state index contributed by atoms with van der Waals surface area (Å²) >= 11 is 0. The van der Waals surface area contributed by atoms with Crippen molar-refractivity contribution in [3.05, 3.63) is 35.4 Å². The van der Waals surface area contributed by atoms with Crippen molar-refractivity contribution in [1.29, 1.82) is 0 Å². The van der Waals surface area contributed by atoms with Crippen LogP contribution in [0, 0.1) is 0 Å². The van der Waals surface area contributed by atoms with Gasteiger partial charge in [-0.3, -0.25) is 24.1 Å². The average Bonchev–Trinajstić information content (AvgIpc) is 2.74. The van der Waals surface area contributed by atoms with E-state index in [-0.39, 0.29) is 31.8 Å². The Morgan fingerprint density at radius 2 is 1.64 bits per heavy atom. The molecule has 1 N–H and O–H groups in total. The van der Waals surface area contributed by atoms with E-state index in [4.69, 9.17) is 5.11 Å². The fourth-order valence-corrected chi connectivity index (χ4v) is 2.23. The van der Waals surface area contributed by atoms with Gasteiger partial charge in [0.2, 0.25) is 5.91 Å². The minimum Gasteiger partial charge on any atom is -0.481 e. The smallest absolute Gasteiger partial charge is 0.305 e. The van der Waals surface area contributed by atoms with Crippen molar-refractivity contribution >= 4 is 23.7 Å². The van der Waals surface area contributed by atoms with Gasteiger partial charge in [-0.1, -0.05) is 12.1 Å². The third-order valence-electron chi connectivity index (χ3n) is 3.51. The van der Waals surface area contributed by atoms with Crippen LogP contribution in [0.15, 0.2) is 24.3 Å². The zero-order chi connectivity index (χ0) is 16.3. The van der Waals surface area contributed by atoms with Gasteiger partial charge in [0.05, 0.1) is 17.5 Å². The number of amides is 3. The summed E-state index contributed by atoms with van der Waals surface area (Å²) in [4.78, 5) is 48.9. The Labute approximate surface area is 127 Å². The first-order chi connectivity index (χ1) is 10.4. The Kier molecular flexibility index (Phi) is 4.55. The molecule has 1 aromatic rings. The molecule has 7 heteroatoms. The summed E-state index contributed by atoms with van der Waals surface area (Å²) < 4.78 is 0. The zero-order valence-corrected chi connectivity index (χ0v) is 12.1. The van der Waals surface area contributed by atoms with Crippen LogP contribution in [-0.2, 0) is 9.59 Å². The molecule has 7 nitrogen and oxygen atoms in total. The van der Waals surface area contributed by atoms with Crippen LogP contribution in [0.1, 0.15) is 33.6 Å². The van der Waals surface area contributed by atoms with Crippen molar-refractivity contribution < 1.29 is 24.3 Å². The molecule has 2 rings (SSSR count). The minimum absolute atomic E-state index is 0.0113. The first-order valence-corrected chi connectivity index (χ1v) is 6.83. The Hall–Kier alpha value is -2.70. The van der Waals surface area contributed by atoms with Gasteiger partial charge in [-0.15, -0.1) is 0 Å². The van der Waals surface area contributed by atoms with Gasteiger partial charge in [0, 0.05) is 26.6 Å². The zero-order valence-electron chi connectivity index (χ0n) is 12.1. The number of hydrogen-bond acceptors (Lipinski definition) is 4. The number of rotatable bonds is 6. The average molecular weight is 304 g/mol. The standard InChI is InChI=1S/C15H16N2O5/c1-16(8-7-13(19)20)12(18)6-9-17-14(21)10-4-2-3-5-11(10)15(17)22/h2-5H,6-9H2,1H3,(H,19,20). The van der Waals surface area contributed by atoms with E-state index < -0.39 is 17.8 Å². The number of carboxylic acid groups (broad SMARTS) is 1. The first kappa shape index (κ1) is 15.7. The number of aliphatic carboxylic acids is 1. The molecule has 0 radical (unpaired) electrons. The topological polar surface area (TPSA) is 95.0 Å². The summed E-state index contributed by atoms with van der Waals surface area (Å²) in [7, 11) is 1.49. The number of carbonyl (C=O) groups is 4. The van der Waals surface area contributed by atoms with Crippen molar-refractivity contribution in [3.63, 3.8) is 0 Å². The maximum absolute atomic E-state index is 12.1. The van der Waals surface area contributed by atoms with Gasteiger partial charge in [-0.2, -0.15) is 0 Å².